The van der Waals surface area contributed by atoms with Gasteiger partial charge in [0.15, 0.2) is 0 Å². The number of ether oxygens (including phenoxy) is 1. The first-order valence-corrected chi connectivity index (χ1v) is 7.07. The fourth-order valence-electron chi connectivity index (χ4n) is 1.81. The zero-order valence-corrected chi connectivity index (χ0v) is 13.6. The molecule has 0 bridgehead atoms. The van der Waals surface area contributed by atoms with E-state index in [1.807, 2.05) is 13.8 Å². The van der Waals surface area contributed by atoms with Gasteiger partial charge in [-0.3, -0.25) is 9.78 Å². The van der Waals surface area contributed by atoms with Crippen molar-refractivity contribution in [2.45, 2.75) is 53.2 Å². The highest BCUT2D eigenvalue weighted by Crippen LogP contribution is 2.13. The summed E-state index contributed by atoms with van der Waals surface area (Å²) in [6, 6.07) is 2.69. The number of esters is 1. The molecule has 1 aromatic rings. The Hall–Kier alpha value is -1.91. The second-order valence-corrected chi connectivity index (χ2v) is 6.36. The third-order valence-electron chi connectivity index (χ3n) is 2.87. The third kappa shape index (κ3) is 5.17. The molecule has 116 valence electrons. The molecule has 0 saturated heterocycles. The van der Waals surface area contributed by atoms with E-state index in [2.05, 4.69) is 10.3 Å². The Morgan fingerprint density at radius 1 is 1.29 bits per heavy atom. The highest BCUT2D eigenvalue weighted by Gasteiger charge is 2.29. The molecule has 1 rings (SSSR count). The molecule has 0 aromatic carbocycles. The number of aromatic nitrogens is 1. The van der Waals surface area contributed by atoms with Crippen LogP contribution < -0.4 is 5.32 Å². The van der Waals surface area contributed by atoms with Gasteiger partial charge in [0.1, 0.15) is 11.6 Å². The lowest BCUT2D eigenvalue weighted by Crippen LogP contribution is -2.47. The van der Waals surface area contributed by atoms with Crippen LogP contribution in [0.3, 0.4) is 0 Å². The summed E-state index contributed by atoms with van der Waals surface area (Å²) in [5.41, 5.74) is 0.507. The Morgan fingerprint density at radius 2 is 1.90 bits per heavy atom. The Labute approximate surface area is 126 Å². The topological polar surface area (TPSA) is 68.3 Å². The van der Waals surface area contributed by atoms with Crippen molar-refractivity contribution in [3.05, 3.63) is 29.6 Å². The van der Waals surface area contributed by atoms with Crippen LogP contribution in [0.5, 0.6) is 0 Å². The highest BCUT2D eigenvalue weighted by molar-refractivity contribution is 5.97. The quantitative estimate of drug-likeness (QED) is 0.866. The van der Waals surface area contributed by atoms with E-state index < -0.39 is 17.6 Å². The summed E-state index contributed by atoms with van der Waals surface area (Å²) in [7, 11) is 0. The molecular formula is C16H24N2O3. The number of nitrogens with one attached hydrogen (secondary N) is 1. The average Bonchev–Trinajstić information content (AvgIpc) is 2.33. The van der Waals surface area contributed by atoms with Crippen molar-refractivity contribution >= 4 is 11.9 Å². The average molecular weight is 292 g/mol. The Kier molecular flexibility index (Phi) is 5.47. The van der Waals surface area contributed by atoms with Crippen LogP contribution in [0.4, 0.5) is 0 Å². The smallest absolute Gasteiger partial charge is 0.329 e. The number of carbonyl (C=O) groups excluding carboxylic acids is 2. The van der Waals surface area contributed by atoms with E-state index in [9.17, 15) is 9.59 Å². The fourth-order valence-corrected chi connectivity index (χ4v) is 1.81. The number of hydrogen-bond acceptors (Lipinski definition) is 4. The maximum Gasteiger partial charge on any atom is 0.329 e. The van der Waals surface area contributed by atoms with Crippen molar-refractivity contribution in [3.8, 4) is 0 Å². The molecule has 1 aromatic heterocycles. The Balaban J connectivity index is 2.87. The van der Waals surface area contributed by atoms with Gasteiger partial charge in [-0.05, 0) is 45.7 Å². The number of nitrogens with zero attached hydrogens (tertiary/aromatic N) is 1. The molecule has 0 radical (unpaired) electrons. The SMILES string of the molecule is Cc1ncccc1C(=O)N[C@H](C(=O)OC(C)(C)C)C(C)C. The molecule has 0 spiro atoms. The van der Waals surface area contributed by atoms with Crippen LogP contribution in [0.1, 0.15) is 50.7 Å². The van der Waals surface area contributed by atoms with E-state index in [1.54, 1.807) is 46.0 Å². The fraction of sp³-hybridized carbons (Fsp3) is 0.562. The summed E-state index contributed by atoms with van der Waals surface area (Å²) in [6.07, 6.45) is 1.62. The van der Waals surface area contributed by atoms with Crippen LogP contribution >= 0.6 is 0 Å². The van der Waals surface area contributed by atoms with Gasteiger partial charge in [-0.15, -0.1) is 0 Å². The lowest BCUT2D eigenvalue weighted by atomic mass is 10.0. The number of pyridine rings is 1. The van der Waals surface area contributed by atoms with Crippen LogP contribution in [0.25, 0.3) is 0 Å². The first kappa shape index (κ1) is 17.1. The van der Waals surface area contributed by atoms with Gasteiger partial charge in [0, 0.05) is 11.9 Å². The van der Waals surface area contributed by atoms with Gasteiger partial charge >= 0.3 is 5.97 Å². The van der Waals surface area contributed by atoms with Gasteiger partial charge in [0.05, 0.1) is 5.56 Å². The highest BCUT2D eigenvalue weighted by atomic mass is 16.6. The van der Waals surface area contributed by atoms with Crippen LogP contribution in [0.15, 0.2) is 18.3 Å². The Morgan fingerprint density at radius 3 is 2.38 bits per heavy atom. The first-order chi connectivity index (χ1) is 9.61. The number of rotatable bonds is 4. The molecule has 5 heteroatoms. The second kappa shape index (κ2) is 6.70. The van der Waals surface area contributed by atoms with Crippen molar-refractivity contribution in [3.63, 3.8) is 0 Å². The van der Waals surface area contributed by atoms with E-state index in [4.69, 9.17) is 4.74 Å². The number of hydrogen-bond donors (Lipinski definition) is 1. The summed E-state index contributed by atoms with van der Waals surface area (Å²) in [4.78, 5) is 28.6. The monoisotopic (exact) mass is 292 g/mol. The van der Waals surface area contributed by atoms with E-state index in [0.29, 0.717) is 11.3 Å². The van der Waals surface area contributed by atoms with Crippen LogP contribution in [-0.4, -0.2) is 28.5 Å². The van der Waals surface area contributed by atoms with Crippen LogP contribution in [0, 0.1) is 12.8 Å². The maximum atomic E-state index is 12.3. The van der Waals surface area contributed by atoms with E-state index in [0.717, 1.165) is 0 Å². The molecular weight excluding hydrogens is 268 g/mol. The number of amides is 1. The first-order valence-electron chi connectivity index (χ1n) is 7.07. The van der Waals surface area contributed by atoms with Crippen molar-refractivity contribution in [1.82, 2.24) is 10.3 Å². The van der Waals surface area contributed by atoms with Gasteiger partial charge in [0.25, 0.3) is 5.91 Å². The molecule has 0 aliphatic carbocycles. The van der Waals surface area contributed by atoms with Crippen molar-refractivity contribution in [2.24, 2.45) is 5.92 Å². The maximum absolute atomic E-state index is 12.3. The lowest BCUT2D eigenvalue weighted by Gasteiger charge is -2.26. The molecule has 1 N–H and O–H groups in total. The van der Waals surface area contributed by atoms with E-state index >= 15 is 0 Å². The normalized spacial score (nSPS) is 12.9. The van der Waals surface area contributed by atoms with Gasteiger partial charge in [-0.25, -0.2) is 4.79 Å². The zero-order chi connectivity index (χ0) is 16.2. The molecule has 0 fully saturated rings. The number of carbonyl (C=O) groups is 2. The van der Waals surface area contributed by atoms with Gasteiger partial charge in [-0.2, -0.15) is 0 Å². The molecule has 21 heavy (non-hydrogen) atoms. The third-order valence-corrected chi connectivity index (χ3v) is 2.87. The zero-order valence-electron chi connectivity index (χ0n) is 13.6. The molecule has 0 aliphatic rings. The minimum absolute atomic E-state index is 0.0687. The van der Waals surface area contributed by atoms with Gasteiger partial charge < -0.3 is 10.1 Å². The van der Waals surface area contributed by atoms with Gasteiger partial charge in [-0.1, -0.05) is 13.8 Å². The second-order valence-electron chi connectivity index (χ2n) is 6.36. The number of aryl methyl sites for hydroxylation is 1. The van der Waals surface area contributed by atoms with E-state index in [-0.39, 0.29) is 11.8 Å². The van der Waals surface area contributed by atoms with Gasteiger partial charge in [0.2, 0.25) is 0 Å². The molecule has 0 aliphatic heterocycles. The predicted octanol–water partition coefficient (Wildman–Crippen LogP) is 2.49. The Bertz CT molecular complexity index is 518. The summed E-state index contributed by atoms with van der Waals surface area (Å²) in [5.74, 6) is -0.807. The minimum atomic E-state index is -0.684. The molecule has 1 atom stereocenters. The van der Waals surface area contributed by atoms with Crippen LogP contribution in [0.2, 0.25) is 0 Å². The summed E-state index contributed by atoms with van der Waals surface area (Å²) in [5, 5.41) is 2.74. The largest absolute Gasteiger partial charge is 0.458 e. The van der Waals surface area contributed by atoms with E-state index in [1.165, 1.54) is 0 Å². The van der Waals surface area contributed by atoms with Crippen molar-refractivity contribution < 1.29 is 14.3 Å². The minimum Gasteiger partial charge on any atom is -0.458 e. The predicted molar refractivity (Wildman–Crippen MR) is 80.9 cm³/mol. The summed E-state index contributed by atoms with van der Waals surface area (Å²) < 4.78 is 5.36. The summed E-state index contributed by atoms with van der Waals surface area (Å²) in [6.45, 7) is 10.9. The standard InChI is InChI=1S/C16H24N2O3/c1-10(2)13(15(20)21-16(4,5)6)18-14(19)12-8-7-9-17-11(12)3/h7-10,13H,1-6H3,(H,18,19)/t13-/m0/s1. The van der Waals surface area contributed by atoms with Crippen molar-refractivity contribution in [2.75, 3.05) is 0 Å². The van der Waals surface area contributed by atoms with Crippen molar-refractivity contribution in [1.29, 1.82) is 0 Å². The molecule has 0 unspecified atom stereocenters. The summed E-state index contributed by atoms with van der Waals surface area (Å²) >= 11 is 0. The lowest BCUT2D eigenvalue weighted by molar-refractivity contribution is -0.158. The molecule has 0 saturated carbocycles. The molecule has 5 nitrogen and oxygen atoms in total. The van der Waals surface area contributed by atoms with Crippen LogP contribution in [-0.2, 0) is 9.53 Å². The molecule has 1 amide bonds. The molecule has 1 heterocycles.